The van der Waals surface area contributed by atoms with Crippen LogP contribution in [-0.4, -0.2) is 56.4 Å². The molecule has 0 aliphatic carbocycles. The molecule has 53 heavy (non-hydrogen) atoms. The fourth-order valence-electron chi connectivity index (χ4n) is 5.47. The van der Waals surface area contributed by atoms with E-state index >= 15 is 0 Å². The number of aliphatic imine (C=N–C) groups is 1. The molecule has 0 fully saturated rings. The molecule has 1 aromatic carbocycles. The Morgan fingerprint density at radius 1 is 0.736 bits per heavy atom. The number of nitrogens with two attached hydrogens (primary N) is 2. The van der Waals surface area contributed by atoms with Gasteiger partial charge in [-0.3, -0.25) is 9.79 Å². The Bertz CT molecular complexity index is 1290. The van der Waals surface area contributed by atoms with E-state index in [1.165, 1.54) is 70.6 Å². The summed E-state index contributed by atoms with van der Waals surface area (Å²) in [5, 5.41) is 9.26. The van der Waals surface area contributed by atoms with Crippen LogP contribution in [0.5, 0.6) is 11.5 Å². The minimum Gasteiger partial charge on any atom is -0.496 e. The van der Waals surface area contributed by atoms with Gasteiger partial charge in [0.25, 0.3) is 0 Å². The van der Waals surface area contributed by atoms with E-state index in [0.29, 0.717) is 48.3 Å². The van der Waals surface area contributed by atoms with E-state index in [2.05, 4.69) is 76.0 Å². The van der Waals surface area contributed by atoms with Crippen LogP contribution < -0.4 is 36.9 Å². The molecule has 0 atom stereocenters. The van der Waals surface area contributed by atoms with Crippen LogP contribution in [0.15, 0.2) is 41.4 Å². The van der Waals surface area contributed by atoms with Crippen LogP contribution in [0.3, 0.4) is 0 Å². The Hall–Kier alpha value is -4.12. The predicted octanol–water partition coefficient (Wildman–Crippen LogP) is 8.92. The number of carbonyl (C=O) groups is 1. The number of nitrogen functional groups attached to an aromatic ring is 2. The molecule has 0 aliphatic heterocycles. The fourth-order valence-corrected chi connectivity index (χ4v) is 5.47. The van der Waals surface area contributed by atoms with Crippen molar-refractivity contribution in [1.82, 2.24) is 20.6 Å². The maximum absolute atomic E-state index is 10.3. The molecule has 0 aliphatic rings. The fraction of sp³-hybridized carbons (Fsp3) is 0.619. The van der Waals surface area contributed by atoms with E-state index in [1.807, 2.05) is 12.1 Å². The number of hydrogen-bond acceptors (Lipinski definition) is 10. The smallest absolute Gasteiger partial charge is 0.222 e. The normalized spacial score (nSPS) is 11.3. The van der Waals surface area contributed by atoms with Crippen molar-refractivity contribution in [2.75, 3.05) is 50.6 Å². The standard InChI is InChI=1S/C24H38N8O3.C18H34/c1-4-5-10-30-23-22(25)19(31-24(26)32-23)15-29-14-18-20(34-2)11-17(12-21(18)35-3)13-27-8-6-7-9-28-16-33;1-3-5-7-9-11-13-15-17-18-16-14-12-10-8-6-4-2/h11-12,15-16,27H,4-10,13-14,25H2,1-3H3,(H,28,33)(H3,26,30,31,32);11,13,17-18H,3-10,12,14-16H2,1-2H3/b;13-11-,18-17-. The third-order valence-corrected chi connectivity index (χ3v) is 8.59. The molecular weight excluding hydrogens is 665 g/mol. The van der Waals surface area contributed by atoms with E-state index < -0.39 is 0 Å². The summed E-state index contributed by atoms with van der Waals surface area (Å²) in [6.45, 7) is 9.91. The largest absolute Gasteiger partial charge is 0.496 e. The third-order valence-electron chi connectivity index (χ3n) is 8.59. The van der Waals surface area contributed by atoms with Gasteiger partial charge in [0.15, 0.2) is 5.82 Å². The highest BCUT2D eigenvalue weighted by atomic mass is 16.5. The van der Waals surface area contributed by atoms with Gasteiger partial charge in [-0.1, -0.05) is 96.4 Å². The zero-order valence-electron chi connectivity index (χ0n) is 33.7. The van der Waals surface area contributed by atoms with Crippen molar-refractivity contribution in [1.29, 1.82) is 0 Å². The number of methoxy groups -OCH3 is 2. The van der Waals surface area contributed by atoms with Crippen molar-refractivity contribution >= 4 is 30.1 Å². The number of nitrogens with one attached hydrogen (secondary N) is 3. The Kier molecular flexibility index (Phi) is 28.8. The van der Waals surface area contributed by atoms with Crippen LogP contribution in [0.1, 0.15) is 140 Å². The minimum absolute atomic E-state index is 0.131. The molecule has 2 aromatic rings. The minimum atomic E-state index is 0.131. The van der Waals surface area contributed by atoms with Crippen molar-refractivity contribution < 1.29 is 14.3 Å². The lowest BCUT2D eigenvalue weighted by atomic mass is 10.1. The third kappa shape index (κ3) is 22.5. The van der Waals surface area contributed by atoms with Crippen LogP contribution >= 0.6 is 0 Å². The molecule has 0 bridgehead atoms. The van der Waals surface area contributed by atoms with Gasteiger partial charge < -0.3 is 36.9 Å². The maximum atomic E-state index is 10.3. The van der Waals surface area contributed by atoms with Gasteiger partial charge in [-0.15, -0.1) is 0 Å². The van der Waals surface area contributed by atoms with Crippen molar-refractivity contribution in [3.05, 3.63) is 53.3 Å². The number of ether oxygens (including phenoxy) is 2. The summed E-state index contributed by atoms with van der Waals surface area (Å²) in [4.78, 5) is 23.2. The second-order valence-corrected chi connectivity index (χ2v) is 13.1. The summed E-state index contributed by atoms with van der Waals surface area (Å²) < 4.78 is 11.2. The molecule has 1 heterocycles. The van der Waals surface area contributed by atoms with Crippen LogP contribution in [0.2, 0.25) is 0 Å². The second kappa shape index (κ2) is 32.5. The number of benzene rings is 1. The number of carbonyl (C=O) groups excluding carboxylic acids is 1. The van der Waals surface area contributed by atoms with Crippen LogP contribution in [0.25, 0.3) is 0 Å². The zero-order valence-corrected chi connectivity index (χ0v) is 33.7. The summed E-state index contributed by atoms with van der Waals surface area (Å²) >= 11 is 0. The molecule has 0 unspecified atom stereocenters. The molecular formula is C42H72N8O3. The molecule has 0 saturated carbocycles. The topological polar surface area (TPSA) is 162 Å². The first kappa shape index (κ1) is 46.9. The van der Waals surface area contributed by atoms with Gasteiger partial charge in [-0.25, -0.2) is 4.98 Å². The lowest BCUT2D eigenvalue weighted by molar-refractivity contribution is -0.109. The number of nitrogens with zero attached hydrogens (tertiary/aromatic N) is 3. The van der Waals surface area contributed by atoms with Gasteiger partial charge in [0.1, 0.15) is 22.9 Å². The van der Waals surface area contributed by atoms with Crippen LogP contribution in [-0.2, 0) is 17.9 Å². The SMILES string of the molecule is CCCCC/C=C\C/C=C\CCCCCCCC.CCCCNc1nc(N)nc(C=NCc2c(OC)cc(CNCCCCNC=O)cc2OC)c1N. The molecule has 298 valence electrons. The molecule has 11 heteroatoms. The molecule has 1 aromatic heterocycles. The quantitative estimate of drug-likeness (QED) is 0.0228. The number of aromatic nitrogens is 2. The summed E-state index contributed by atoms with van der Waals surface area (Å²) in [6, 6.07) is 3.95. The number of hydrogen-bond donors (Lipinski definition) is 5. The molecule has 11 nitrogen and oxygen atoms in total. The van der Waals surface area contributed by atoms with E-state index in [9.17, 15) is 4.79 Å². The monoisotopic (exact) mass is 737 g/mol. The van der Waals surface area contributed by atoms with E-state index in [1.54, 1.807) is 20.4 Å². The van der Waals surface area contributed by atoms with Crippen LogP contribution in [0.4, 0.5) is 17.5 Å². The van der Waals surface area contributed by atoms with Gasteiger partial charge in [-0.2, -0.15) is 4.98 Å². The highest BCUT2D eigenvalue weighted by Gasteiger charge is 2.13. The summed E-state index contributed by atoms with van der Waals surface area (Å²) in [7, 11) is 3.24. The first-order chi connectivity index (χ1) is 25.9. The first-order valence-corrected chi connectivity index (χ1v) is 20.0. The first-order valence-electron chi connectivity index (χ1n) is 20.0. The molecule has 0 radical (unpaired) electrons. The van der Waals surface area contributed by atoms with Crippen molar-refractivity contribution in [3.63, 3.8) is 0 Å². The molecule has 0 spiro atoms. The lowest BCUT2D eigenvalue weighted by Crippen LogP contribution is -2.18. The van der Waals surface area contributed by atoms with Crippen LogP contribution in [0, 0.1) is 0 Å². The molecule has 7 N–H and O–H groups in total. The van der Waals surface area contributed by atoms with Crippen molar-refractivity contribution in [2.45, 2.75) is 137 Å². The summed E-state index contributed by atoms with van der Waals surface area (Å²) in [5.74, 6) is 2.02. The molecule has 0 saturated heterocycles. The average molecular weight is 737 g/mol. The molecule has 1 amide bonds. The van der Waals surface area contributed by atoms with Gasteiger partial charge in [0.2, 0.25) is 12.4 Å². The van der Waals surface area contributed by atoms with Gasteiger partial charge >= 0.3 is 0 Å². The maximum Gasteiger partial charge on any atom is 0.222 e. The Balaban J connectivity index is 0.000000659. The molecule has 2 rings (SSSR count). The number of amides is 1. The number of anilines is 3. The van der Waals surface area contributed by atoms with Crippen molar-refractivity contribution in [2.24, 2.45) is 4.99 Å². The second-order valence-electron chi connectivity index (χ2n) is 13.1. The number of allylic oxidation sites excluding steroid dienone is 4. The van der Waals surface area contributed by atoms with Gasteiger partial charge in [-0.05, 0) is 75.6 Å². The van der Waals surface area contributed by atoms with Gasteiger partial charge in [0.05, 0.1) is 26.3 Å². The summed E-state index contributed by atoms with van der Waals surface area (Å²) in [5.41, 5.74) is 14.8. The lowest BCUT2D eigenvalue weighted by Gasteiger charge is -2.15. The number of rotatable bonds is 30. The Labute approximate surface area is 321 Å². The van der Waals surface area contributed by atoms with E-state index in [-0.39, 0.29) is 5.95 Å². The zero-order chi connectivity index (χ0) is 38.8. The highest BCUT2D eigenvalue weighted by molar-refractivity contribution is 5.89. The average Bonchev–Trinajstić information content (AvgIpc) is 3.16. The number of unbranched alkanes of at least 4 members (excludes halogenated alkanes) is 11. The van der Waals surface area contributed by atoms with Gasteiger partial charge in [0, 0.05) is 25.8 Å². The Morgan fingerprint density at radius 3 is 1.98 bits per heavy atom. The van der Waals surface area contributed by atoms with E-state index in [0.717, 1.165) is 62.7 Å². The predicted molar refractivity (Wildman–Crippen MR) is 225 cm³/mol. The van der Waals surface area contributed by atoms with Crippen molar-refractivity contribution in [3.8, 4) is 11.5 Å². The Morgan fingerprint density at radius 2 is 1.34 bits per heavy atom. The highest BCUT2D eigenvalue weighted by Crippen LogP contribution is 2.31. The summed E-state index contributed by atoms with van der Waals surface area (Å²) in [6.07, 6.45) is 31.7. The van der Waals surface area contributed by atoms with E-state index in [4.69, 9.17) is 20.9 Å².